The molecule has 226 valence electrons. The minimum Gasteiger partial charge on any atom is -0.476 e. The molecule has 1 N–H and O–H groups in total. The number of ether oxygens (including phenoxy) is 1. The van der Waals surface area contributed by atoms with Crippen LogP contribution in [0, 0.1) is 22.2 Å². The second-order valence-electron chi connectivity index (χ2n) is 13.9. The van der Waals surface area contributed by atoms with Crippen LogP contribution in [0.25, 0.3) is 5.82 Å². The maximum absolute atomic E-state index is 13.6. The minimum atomic E-state index is -4.07. The zero-order valence-corrected chi connectivity index (χ0v) is 26.7. The third-order valence-corrected chi connectivity index (χ3v) is 11.5. The lowest BCUT2D eigenvalue weighted by atomic mass is 9.82. The van der Waals surface area contributed by atoms with E-state index in [-0.39, 0.29) is 32.2 Å². The normalized spacial score (nSPS) is 22.6. The van der Waals surface area contributed by atoms with E-state index in [0.29, 0.717) is 36.6 Å². The summed E-state index contributed by atoms with van der Waals surface area (Å²) in [5.74, 6) is 1.15. The first-order chi connectivity index (χ1) is 19.5. The van der Waals surface area contributed by atoms with Gasteiger partial charge in [-0.25, -0.2) is 22.8 Å². The van der Waals surface area contributed by atoms with Gasteiger partial charge in [-0.3, -0.25) is 4.79 Å². The van der Waals surface area contributed by atoms with E-state index in [1.807, 2.05) is 6.07 Å². The number of anilines is 1. The molecule has 1 amide bonds. The number of benzene rings is 1. The van der Waals surface area contributed by atoms with Crippen LogP contribution in [-0.4, -0.2) is 47.8 Å². The Balaban J connectivity index is 1.47. The summed E-state index contributed by atoms with van der Waals surface area (Å²) in [6, 6.07) is 13.0. The van der Waals surface area contributed by atoms with E-state index in [1.54, 1.807) is 41.2 Å². The fraction of sp³-hybridized carbons (Fsp3) is 0.531. The Morgan fingerprint density at radius 3 is 2.26 bits per heavy atom. The van der Waals surface area contributed by atoms with Crippen molar-refractivity contribution in [2.75, 3.05) is 18.1 Å². The summed E-state index contributed by atoms with van der Waals surface area (Å²) < 4.78 is 36.0. The maximum Gasteiger partial charge on any atom is 0.268 e. The number of pyridine rings is 1. The molecule has 42 heavy (non-hydrogen) atoms. The summed E-state index contributed by atoms with van der Waals surface area (Å²) in [5.41, 5.74) is 0.319. The van der Waals surface area contributed by atoms with Crippen molar-refractivity contribution >= 4 is 21.7 Å². The predicted octanol–water partition coefficient (Wildman–Crippen LogP) is 5.85. The predicted molar refractivity (Wildman–Crippen MR) is 163 cm³/mol. The van der Waals surface area contributed by atoms with Gasteiger partial charge < -0.3 is 9.64 Å². The molecule has 1 aromatic carbocycles. The average Bonchev–Trinajstić information content (AvgIpc) is 3.29. The van der Waals surface area contributed by atoms with E-state index >= 15 is 0 Å². The Bertz CT molecular complexity index is 1580. The number of sulfonamides is 1. The van der Waals surface area contributed by atoms with Crippen molar-refractivity contribution in [3.63, 3.8) is 0 Å². The van der Waals surface area contributed by atoms with Crippen molar-refractivity contribution in [3.8, 4) is 11.7 Å². The van der Waals surface area contributed by atoms with E-state index in [0.717, 1.165) is 12.8 Å². The first-order valence-corrected chi connectivity index (χ1v) is 16.1. The Morgan fingerprint density at radius 1 is 1.00 bits per heavy atom. The quantitative estimate of drug-likeness (QED) is 0.332. The number of nitrogens with zero attached hydrogens (tertiary/aromatic N) is 4. The third-order valence-electron chi connectivity index (χ3n) is 10.1. The summed E-state index contributed by atoms with van der Waals surface area (Å²) >= 11 is 0. The van der Waals surface area contributed by atoms with Gasteiger partial charge in [0.05, 0.1) is 17.1 Å². The van der Waals surface area contributed by atoms with Crippen LogP contribution in [0.1, 0.15) is 78.6 Å². The van der Waals surface area contributed by atoms with Gasteiger partial charge in [-0.05, 0) is 67.2 Å². The van der Waals surface area contributed by atoms with Gasteiger partial charge in [0.15, 0.2) is 5.82 Å². The van der Waals surface area contributed by atoms with Gasteiger partial charge in [-0.1, -0.05) is 59.7 Å². The molecule has 1 aliphatic heterocycles. The Kier molecular flexibility index (Phi) is 7.23. The van der Waals surface area contributed by atoms with Crippen LogP contribution in [0.2, 0.25) is 0 Å². The zero-order chi connectivity index (χ0) is 30.7. The third kappa shape index (κ3) is 5.29. The monoisotopic (exact) mass is 593 g/mol. The standard InChI is InChI=1S/C32H43N5O4S/c1-9-32(8)20-29(2,3)36(21-32)27-23(28(38)35-42(39,40)22-13-11-10-12-14-22)15-16-25(33-27)37-18-17-26(34-37)41-19-24-30(4,5)31(24,6)7/h10-18,24H,9,19-21H2,1-8H3,(H,35,38)/t32-/m0/s1. The highest BCUT2D eigenvalue weighted by Crippen LogP contribution is 2.68. The molecule has 0 unspecified atom stereocenters. The summed E-state index contributed by atoms with van der Waals surface area (Å²) in [6.07, 6.45) is 3.65. The van der Waals surface area contributed by atoms with E-state index in [9.17, 15) is 13.2 Å². The Morgan fingerprint density at radius 2 is 1.67 bits per heavy atom. The van der Waals surface area contributed by atoms with Crippen LogP contribution >= 0.6 is 0 Å². The molecule has 3 aromatic rings. The van der Waals surface area contributed by atoms with Crippen molar-refractivity contribution in [2.45, 2.75) is 78.7 Å². The van der Waals surface area contributed by atoms with E-state index in [4.69, 9.17) is 9.72 Å². The van der Waals surface area contributed by atoms with E-state index < -0.39 is 15.9 Å². The van der Waals surface area contributed by atoms with Crippen LogP contribution in [0.15, 0.2) is 59.6 Å². The van der Waals surface area contributed by atoms with Crippen molar-refractivity contribution in [1.29, 1.82) is 0 Å². The summed E-state index contributed by atoms with van der Waals surface area (Å²) in [6.45, 7) is 19.0. The smallest absolute Gasteiger partial charge is 0.268 e. The van der Waals surface area contributed by atoms with Gasteiger partial charge in [0.2, 0.25) is 5.88 Å². The van der Waals surface area contributed by atoms with Crippen molar-refractivity contribution < 1.29 is 17.9 Å². The molecule has 1 saturated carbocycles. The lowest BCUT2D eigenvalue weighted by Crippen LogP contribution is -2.41. The second-order valence-corrected chi connectivity index (χ2v) is 15.6. The highest BCUT2D eigenvalue weighted by Gasteiger charge is 2.64. The van der Waals surface area contributed by atoms with Gasteiger partial charge in [-0.15, -0.1) is 5.10 Å². The first-order valence-electron chi connectivity index (χ1n) is 14.6. The van der Waals surface area contributed by atoms with Gasteiger partial charge in [0.1, 0.15) is 5.82 Å². The van der Waals surface area contributed by atoms with Crippen LogP contribution < -0.4 is 14.4 Å². The molecular weight excluding hydrogens is 550 g/mol. The molecule has 3 heterocycles. The first kappa shape index (κ1) is 30.1. The molecule has 1 aliphatic carbocycles. The number of amides is 1. The molecule has 0 bridgehead atoms. The number of nitrogens with one attached hydrogen (secondary N) is 1. The number of rotatable bonds is 9. The number of hydrogen-bond acceptors (Lipinski definition) is 7. The topological polar surface area (TPSA) is 106 Å². The fourth-order valence-electron chi connectivity index (χ4n) is 6.60. The number of hydrogen-bond donors (Lipinski definition) is 1. The number of aromatic nitrogens is 3. The van der Waals surface area contributed by atoms with Crippen LogP contribution in [0.3, 0.4) is 0 Å². The summed E-state index contributed by atoms with van der Waals surface area (Å²) in [5, 5.41) is 4.62. The van der Waals surface area contributed by atoms with Crippen LogP contribution in [0.4, 0.5) is 5.82 Å². The molecule has 1 atom stereocenters. The second kappa shape index (κ2) is 10.1. The van der Waals surface area contributed by atoms with Crippen LogP contribution in [0.5, 0.6) is 5.88 Å². The van der Waals surface area contributed by atoms with Gasteiger partial charge in [0, 0.05) is 30.3 Å². The molecule has 9 nitrogen and oxygen atoms in total. The molecular formula is C32H43N5O4S. The minimum absolute atomic E-state index is 0.0160. The zero-order valence-electron chi connectivity index (χ0n) is 25.9. The highest BCUT2D eigenvalue weighted by atomic mass is 32.2. The molecule has 0 radical (unpaired) electrons. The van der Waals surface area contributed by atoms with Crippen molar-refractivity contribution in [3.05, 3.63) is 60.3 Å². The number of carbonyl (C=O) groups excluding carboxylic acids is 1. The van der Waals surface area contributed by atoms with Gasteiger partial charge >= 0.3 is 0 Å². The lowest BCUT2D eigenvalue weighted by molar-refractivity contribution is 0.0981. The van der Waals surface area contributed by atoms with E-state index in [1.165, 1.54) is 12.1 Å². The SMILES string of the molecule is CC[C@]1(C)CN(c2nc(-n3ccc(OCC4C(C)(C)C4(C)C)n3)ccc2C(=O)NS(=O)(=O)c2ccccc2)C(C)(C)C1. The fourth-order valence-corrected chi connectivity index (χ4v) is 7.59. The molecule has 2 aromatic heterocycles. The van der Waals surface area contributed by atoms with Crippen molar-refractivity contribution in [1.82, 2.24) is 19.5 Å². The molecule has 5 rings (SSSR count). The Labute approximate surface area is 249 Å². The lowest BCUT2D eigenvalue weighted by Gasteiger charge is -2.34. The molecule has 10 heteroatoms. The van der Waals surface area contributed by atoms with Gasteiger partial charge in [-0.2, -0.15) is 0 Å². The van der Waals surface area contributed by atoms with Gasteiger partial charge in [0.25, 0.3) is 15.9 Å². The summed E-state index contributed by atoms with van der Waals surface area (Å²) in [7, 11) is -4.07. The number of carbonyl (C=O) groups is 1. The summed E-state index contributed by atoms with van der Waals surface area (Å²) in [4.78, 5) is 20.6. The van der Waals surface area contributed by atoms with E-state index in [2.05, 4.69) is 70.1 Å². The average molecular weight is 594 g/mol. The molecule has 2 fully saturated rings. The largest absolute Gasteiger partial charge is 0.476 e. The maximum atomic E-state index is 13.6. The van der Waals surface area contributed by atoms with Crippen LogP contribution in [-0.2, 0) is 10.0 Å². The molecule has 0 spiro atoms. The Hall–Kier alpha value is -3.40. The molecule has 2 aliphatic rings. The molecule has 1 saturated heterocycles. The highest BCUT2D eigenvalue weighted by molar-refractivity contribution is 7.90. The van der Waals surface area contributed by atoms with Crippen molar-refractivity contribution in [2.24, 2.45) is 22.2 Å².